The summed E-state index contributed by atoms with van der Waals surface area (Å²) < 4.78 is 27.6. The Hall–Kier alpha value is -1.60. The topological polar surface area (TPSA) is 98.5 Å². The zero-order chi connectivity index (χ0) is 16.2. The molecule has 0 radical (unpaired) electrons. The van der Waals surface area contributed by atoms with Gasteiger partial charge in [0.05, 0.1) is 17.6 Å². The Kier molecular flexibility index (Phi) is 5.42. The molecule has 0 bridgehead atoms. The van der Waals surface area contributed by atoms with Crippen molar-refractivity contribution in [2.45, 2.75) is 49.5 Å². The first-order valence-corrected chi connectivity index (χ1v) is 8.98. The van der Waals surface area contributed by atoms with Gasteiger partial charge in [0.25, 0.3) is 0 Å². The molecule has 0 unspecified atom stereocenters. The molecule has 0 spiro atoms. The van der Waals surface area contributed by atoms with E-state index in [1.807, 2.05) is 0 Å². The van der Waals surface area contributed by atoms with Crippen molar-refractivity contribution in [3.8, 4) is 0 Å². The Balaban J connectivity index is 2.31. The summed E-state index contributed by atoms with van der Waals surface area (Å²) in [7, 11) is -2.59. The van der Waals surface area contributed by atoms with E-state index in [4.69, 9.17) is 9.88 Å². The second-order valence-electron chi connectivity index (χ2n) is 5.58. The number of esters is 1. The first-order valence-electron chi connectivity index (χ1n) is 7.43. The molecule has 2 rings (SSSR count). The first kappa shape index (κ1) is 16.8. The van der Waals surface area contributed by atoms with Crippen LogP contribution in [0, 0.1) is 0 Å². The van der Waals surface area contributed by atoms with Crippen molar-refractivity contribution in [2.75, 3.05) is 12.4 Å². The van der Waals surface area contributed by atoms with E-state index in [0.29, 0.717) is 5.69 Å². The highest BCUT2D eigenvalue weighted by Crippen LogP contribution is 2.25. The molecule has 122 valence electrons. The van der Waals surface area contributed by atoms with E-state index in [0.717, 1.165) is 25.7 Å². The third-order valence-electron chi connectivity index (χ3n) is 3.94. The van der Waals surface area contributed by atoms with E-state index in [2.05, 4.69) is 5.32 Å². The van der Waals surface area contributed by atoms with E-state index in [9.17, 15) is 13.2 Å². The van der Waals surface area contributed by atoms with Crippen LogP contribution in [0.15, 0.2) is 23.1 Å². The number of carbonyl (C=O) groups is 1. The number of nitrogens with two attached hydrogens (primary N) is 1. The van der Waals surface area contributed by atoms with Gasteiger partial charge in [-0.15, -0.1) is 0 Å². The van der Waals surface area contributed by atoms with Crippen molar-refractivity contribution in [3.63, 3.8) is 0 Å². The molecule has 6 nitrogen and oxygen atoms in total. The largest absolute Gasteiger partial charge is 0.465 e. The maximum atomic E-state index is 11.9. The molecule has 7 heteroatoms. The highest BCUT2D eigenvalue weighted by molar-refractivity contribution is 7.89. The molecule has 0 amide bonds. The molecule has 0 aromatic heterocycles. The summed E-state index contributed by atoms with van der Waals surface area (Å²) in [5, 5.41) is 8.47. The molecule has 1 aliphatic rings. The number of hydrogen-bond acceptors (Lipinski definition) is 5. The minimum Gasteiger partial charge on any atom is -0.465 e. The van der Waals surface area contributed by atoms with Gasteiger partial charge in [-0.2, -0.15) is 0 Å². The monoisotopic (exact) mass is 326 g/mol. The number of anilines is 1. The Bertz CT molecular complexity index is 635. The third-order valence-corrected chi connectivity index (χ3v) is 4.85. The second-order valence-corrected chi connectivity index (χ2v) is 7.14. The summed E-state index contributed by atoms with van der Waals surface area (Å²) in [6, 6.07) is 4.53. The number of ether oxygens (including phenoxy) is 1. The Morgan fingerprint density at radius 3 is 2.41 bits per heavy atom. The van der Waals surface area contributed by atoms with Gasteiger partial charge in [0.15, 0.2) is 0 Å². The number of methoxy groups -OCH3 is 1. The number of carbonyl (C=O) groups excluding carboxylic acids is 1. The smallest absolute Gasteiger partial charge is 0.340 e. The first-order chi connectivity index (χ1) is 10.4. The lowest BCUT2D eigenvalue weighted by atomic mass is 10.1. The zero-order valence-corrected chi connectivity index (χ0v) is 13.5. The van der Waals surface area contributed by atoms with Crippen LogP contribution in [0.25, 0.3) is 0 Å². The number of hydrogen-bond donors (Lipinski definition) is 2. The standard InChI is InChI=1S/C15H22N2O4S/c1-21-15(18)13-10-12(22(16,19)20)8-9-14(13)17-11-6-4-2-3-5-7-11/h8-11,17H,2-7H2,1H3,(H2,16,19,20). The van der Waals surface area contributed by atoms with E-state index in [1.165, 1.54) is 32.1 Å². The second kappa shape index (κ2) is 7.11. The molecule has 1 fully saturated rings. The van der Waals surface area contributed by atoms with Crippen LogP contribution in [0.1, 0.15) is 48.9 Å². The Morgan fingerprint density at radius 1 is 1.23 bits per heavy atom. The zero-order valence-electron chi connectivity index (χ0n) is 12.7. The van der Waals surface area contributed by atoms with Gasteiger partial charge in [-0.05, 0) is 31.0 Å². The highest BCUT2D eigenvalue weighted by Gasteiger charge is 2.20. The van der Waals surface area contributed by atoms with Gasteiger partial charge in [0.2, 0.25) is 10.0 Å². The Labute approximate surface area is 131 Å². The molecule has 1 aliphatic carbocycles. The number of rotatable bonds is 4. The molecule has 1 saturated carbocycles. The summed E-state index contributed by atoms with van der Waals surface area (Å²) in [6.07, 6.45) is 6.84. The van der Waals surface area contributed by atoms with Crippen LogP contribution < -0.4 is 10.5 Å². The minimum atomic E-state index is -3.86. The summed E-state index contributed by atoms with van der Waals surface area (Å²) in [5.41, 5.74) is 0.782. The molecule has 22 heavy (non-hydrogen) atoms. The Morgan fingerprint density at radius 2 is 1.86 bits per heavy atom. The van der Waals surface area contributed by atoms with Gasteiger partial charge in [0, 0.05) is 11.7 Å². The molecule has 1 aromatic rings. The lowest BCUT2D eigenvalue weighted by Gasteiger charge is -2.20. The number of primary sulfonamides is 1. The fraction of sp³-hybridized carbons (Fsp3) is 0.533. The predicted octanol–water partition coefficient (Wildman–Crippen LogP) is 2.26. The molecule has 0 aliphatic heterocycles. The quantitative estimate of drug-likeness (QED) is 0.653. The van der Waals surface area contributed by atoms with Crippen LogP contribution in [-0.4, -0.2) is 27.5 Å². The summed E-state index contributed by atoms with van der Waals surface area (Å²) >= 11 is 0. The maximum absolute atomic E-state index is 11.9. The van der Waals surface area contributed by atoms with Gasteiger partial charge in [0.1, 0.15) is 0 Å². The molecule has 0 saturated heterocycles. The average Bonchev–Trinajstić information content (AvgIpc) is 2.74. The van der Waals surface area contributed by atoms with Crippen molar-refractivity contribution < 1.29 is 17.9 Å². The van der Waals surface area contributed by atoms with Crippen LogP contribution in [0.5, 0.6) is 0 Å². The maximum Gasteiger partial charge on any atom is 0.340 e. The van der Waals surface area contributed by atoms with Crippen molar-refractivity contribution in [3.05, 3.63) is 23.8 Å². The van der Waals surface area contributed by atoms with Crippen molar-refractivity contribution >= 4 is 21.7 Å². The lowest BCUT2D eigenvalue weighted by Crippen LogP contribution is -2.21. The number of sulfonamides is 1. The predicted molar refractivity (Wildman–Crippen MR) is 84.3 cm³/mol. The van der Waals surface area contributed by atoms with Gasteiger partial charge in [-0.3, -0.25) is 0 Å². The van der Waals surface area contributed by atoms with Crippen LogP contribution in [0.4, 0.5) is 5.69 Å². The van der Waals surface area contributed by atoms with E-state index < -0.39 is 16.0 Å². The fourth-order valence-corrected chi connectivity index (χ4v) is 3.29. The SMILES string of the molecule is COC(=O)c1cc(S(N)(=O)=O)ccc1NC1CCCCCC1. The van der Waals surface area contributed by atoms with E-state index in [-0.39, 0.29) is 16.5 Å². The van der Waals surface area contributed by atoms with Crippen molar-refractivity contribution in [1.82, 2.24) is 0 Å². The van der Waals surface area contributed by atoms with Crippen LogP contribution in [0.2, 0.25) is 0 Å². The number of nitrogens with one attached hydrogen (secondary N) is 1. The molecule has 0 heterocycles. The van der Waals surface area contributed by atoms with Gasteiger partial charge >= 0.3 is 5.97 Å². The molecule has 3 N–H and O–H groups in total. The van der Waals surface area contributed by atoms with Gasteiger partial charge in [-0.1, -0.05) is 25.7 Å². The highest BCUT2D eigenvalue weighted by atomic mass is 32.2. The van der Waals surface area contributed by atoms with Crippen LogP contribution >= 0.6 is 0 Å². The number of benzene rings is 1. The molecule has 0 atom stereocenters. The van der Waals surface area contributed by atoms with Gasteiger partial charge in [-0.25, -0.2) is 18.4 Å². The third kappa shape index (κ3) is 4.20. The summed E-state index contributed by atoms with van der Waals surface area (Å²) in [4.78, 5) is 11.8. The fourth-order valence-electron chi connectivity index (χ4n) is 2.75. The van der Waals surface area contributed by atoms with E-state index >= 15 is 0 Å². The summed E-state index contributed by atoms with van der Waals surface area (Å²) in [6.45, 7) is 0. The van der Waals surface area contributed by atoms with Crippen LogP contribution in [0.3, 0.4) is 0 Å². The van der Waals surface area contributed by atoms with E-state index in [1.54, 1.807) is 6.07 Å². The van der Waals surface area contributed by atoms with Crippen molar-refractivity contribution in [2.24, 2.45) is 5.14 Å². The molecule has 1 aromatic carbocycles. The molecular formula is C15H22N2O4S. The lowest BCUT2D eigenvalue weighted by molar-refractivity contribution is 0.0601. The average molecular weight is 326 g/mol. The van der Waals surface area contributed by atoms with Crippen LogP contribution in [-0.2, 0) is 14.8 Å². The molecular weight excluding hydrogens is 304 g/mol. The van der Waals surface area contributed by atoms with Gasteiger partial charge < -0.3 is 10.1 Å². The summed E-state index contributed by atoms with van der Waals surface area (Å²) in [5.74, 6) is -0.582. The normalized spacial score (nSPS) is 16.8. The minimum absolute atomic E-state index is 0.0979. The van der Waals surface area contributed by atoms with Crippen molar-refractivity contribution in [1.29, 1.82) is 0 Å².